The first-order valence-electron chi connectivity index (χ1n) is 4.27. The van der Waals surface area contributed by atoms with Crippen LogP contribution in [0, 0.1) is 0 Å². The second-order valence-electron chi connectivity index (χ2n) is 3.39. The molecule has 0 spiro atoms. The zero-order valence-corrected chi connectivity index (χ0v) is 9.40. The number of hydrogen-bond donors (Lipinski definition) is 0. The van der Waals surface area contributed by atoms with E-state index in [2.05, 4.69) is 28.0 Å². The van der Waals surface area contributed by atoms with Crippen LogP contribution < -0.4 is 0 Å². The third-order valence-electron chi connectivity index (χ3n) is 1.80. The molecule has 0 amide bonds. The van der Waals surface area contributed by atoms with Gasteiger partial charge in [-0.1, -0.05) is 5.16 Å². The average Bonchev–Trinajstić information content (AvgIpc) is 2.28. The van der Waals surface area contributed by atoms with E-state index >= 15 is 0 Å². The van der Waals surface area contributed by atoms with Crippen LogP contribution in [0.2, 0.25) is 13.1 Å². The summed E-state index contributed by atoms with van der Waals surface area (Å²) in [6.45, 7) is 6.30. The van der Waals surface area contributed by atoms with Crippen molar-refractivity contribution in [3.05, 3.63) is 0 Å². The smallest absolute Gasteiger partial charge is 0.266 e. The first-order valence-corrected chi connectivity index (χ1v) is 7.05. The van der Waals surface area contributed by atoms with E-state index in [4.69, 9.17) is 4.53 Å². The monoisotopic (exact) mass is 187 g/mol. The summed E-state index contributed by atoms with van der Waals surface area (Å²) in [6, 6.07) is 0. The van der Waals surface area contributed by atoms with E-state index in [1.165, 1.54) is 0 Å². The molecule has 1 aliphatic rings. The summed E-state index contributed by atoms with van der Waals surface area (Å²) in [7, 11) is 3.05. The first-order chi connectivity index (χ1) is 5.61. The van der Waals surface area contributed by atoms with Crippen LogP contribution in [0.5, 0.6) is 0 Å². The van der Waals surface area contributed by atoms with Crippen LogP contribution in [0.25, 0.3) is 0 Å². The van der Waals surface area contributed by atoms with Gasteiger partial charge in [0.05, 0.1) is 0 Å². The highest BCUT2D eigenvalue weighted by Gasteiger charge is 2.20. The molecular formula is C7H17N3OSi. The Morgan fingerprint density at radius 2 is 1.75 bits per heavy atom. The van der Waals surface area contributed by atoms with Crippen LogP contribution in [0.4, 0.5) is 0 Å². The van der Waals surface area contributed by atoms with Gasteiger partial charge in [-0.25, -0.2) is 0 Å². The van der Waals surface area contributed by atoms with Gasteiger partial charge in [0.1, 0.15) is 0 Å². The molecule has 5 heteroatoms. The van der Waals surface area contributed by atoms with Crippen LogP contribution in [0.3, 0.4) is 0 Å². The lowest BCUT2D eigenvalue weighted by Crippen LogP contribution is -2.29. The van der Waals surface area contributed by atoms with Gasteiger partial charge in [-0.3, -0.25) is 0 Å². The van der Waals surface area contributed by atoms with Crippen molar-refractivity contribution in [3.63, 3.8) is 0 Å². The minimum atomic E-state index is -1.02. The van der Waals surface area contributed by atoms with E-state index in [1.807, 2.05) is 14.1 Å². The van der Waals surface area contributed by atoms with Crippen LogP contribution in [0.15, 0.2) is 5.16 Å². The Labute approximate surface area is 75.5 Å². The molecule has 1 aliphatic heterocycles. The Morgan fingerprint density at radius 3 is 2.17 bits per heavy atom. The second kappa shape index (κ2) is 3.80. The van der Waals surface area contributed by atoms with Gasteiger partial charge < -0.3 is 14.3 Å². The zero-order chi connectivity index (χ0) is 9.14. The number of likely N-dealkylation sites (N-methyl/N-ethyl adjacent to an activating group) is 2. The van der Waals surface area contributed by atoms with Gasteiger partial charge in [0.25, 0.3) is 9.04 Å². The van der Waals surface area contributed by atoms with Crippen molar-refractivity contribution in [2.75, 3.05) is 27.2 Å². The molecule has 0 unspecified atom stereocenters. The molecule has 0 N–H and O–H groups in total. The molecule has 4 nitrogen and oxygen atoms in total. The molecule has 0 saturated carbocycles. The number of hydrogen-bond acceptors (Lipinski definition) is 2. The summed E-state index contributed by atoms with van der Waals surface area (Å²) in [5, 5.41) is 4.11. The summed E-state index contributed by atoms with van der Waals surface area (Å²) >= 11 is 0. The highest BCUT2D eigenvalue weighted by atomic mass is 28.3. The first kappa shape index (κ1) is 9.38. The zero-order valence-electron chi connectivity index (χ0n) is 8.24. The predicted octanol–water partition coefficient (Wildman–Crippen LogP) is 0.135. The fourth-order valence-electron chi connectivity index (χ4n) is 1.08. The van der Waals surface area contributed by atoms with Gasteiger partial charge in [0, 0.05) is 27.2 Å². The van der Waals surface area contributed by atoms with Gasteiger partial charge in [-0.2, -0.15) is 0 Å². The molecule has 0 aromatic rings. The van der Waals surface area contributed by atoms with Crippen LogP contribution in [-0.2, 0) is 4.53 Å². The average molecular weight is 187 g/mol. The van der Waals surface area contributed by atoms with Gasteiger partial charge in [-0.15, -0.1) is 0 Å². The third-order valence-corrected chi connectivity index (χ3v) is 2.33. The summed E-state index contributed by atoms with van der Waals surface area (Å²) in [5.41, 5.74) is 0. The molecule has 0 radical (unpaired) electrons. The van der Waals surface area contributed by atoms with E-state index < -0.39 is 9.04 Å². The normalized spacial score (nSPS) is 17.6. The van der Waals surface area contributed by atoms with Crippen LogP contribution in [0.1, 0.15) is 0 Å². The van der Waals surface area contributed by atoms with Crippen molar-refractivity contribution in [1.82, 2.24) is 9.80 Å². The van der Waals surface area contributed by atoms with Crippen molar-refractivity contribution in [2.45, 2.75) is 13.1 Å². The number of nitrogens with zero attached hydrogens (tertiary/aromatic N) is 3. The van der Waals surface area contributed by atoms with Crippen molar-refractivity contribution < 1.29 is 4.53 Å². The third kappa shape index (κ3) is 2.13. The Kier molecular flexibility index (Phi) is 2.97. The molecule has 0 bridgehead atoms. The molecule has 0 aromatic heterocycles. The van der Waals surface area contributed by atoms with Crippen molar-refractivity contribution >= 4 is 15.0 Å². The SMILES string of the molecule is CN1CCN(C)C1=NO[SiH](C)C. The predicted molar refractivity (Wildman–Crippen MR) is 52.7 cm³/mol. The minimum absolute atomic E-state index is 0.955. The molecule has 1 heterocycles. The largest absolute Gasteiger partial charge is 0.456 e. The Balaban J connectivity index is 2.53. The molecule has 1 saturated heterocycles. The molecule has 0 aliphatic carbocycles. The van der Waals surface area contributed by atoms with Crippen molar-refractivity contribution in [2.24, 2.45) is 5.16 Å². The Morgan fingerprint density at radius 1 is 1.25 bits per heavy atom. The van der Waals surface area contributed by atoms with Crippen LogP contribution >= 0.6 is 0 Å². The summed E-state index contributed by atoms with van der Waals surface area (Å²) in [6.07, 6.45) is 0. The number of guanidine groups is 1. The fourth-order valence-corrected chi connectivity index (χ4v) is 1.39. The minimum Gasteiger partial charge on any atom is -0.456 e. The summed E-state index contributed by atoms with van der Waals surface area (Å²) in [4.78, 5) is 4.22. The maximum absolute atomic E-state index is 5.31. The van der Waals surface area contributed by atoms with Gasteiger partial charge in [0.15, 0.2) is 0 Å². The van der Waals surface area contributed by atoms with Crippen LogP contribution in [-0.4, -0.2) is 52.0 Å². The topological polar surface area (TPSA) is 28.1 Å². The number of rotatable bonds is 2. The standard InChI is InChI=1S/C7H17N3OSi/c1-9-5-6-10(2)7(9)8-11-12(3)4/h12H,5-6H2,1-4H3. The van der Waals surface area contributed by atoms with E-state index in [9.17, 15) is 0 Å². The maximum Gasteiger partial charge on any atom is 0.266 e. The fraction of sp³-hybridized carbons (Fsp3) is 0.857. The van der Waals surface area contributed by atoms with Gasteiger partial charge in [0.2, 0.25) is 5.96 Å². The van der Waals surface area contributed by atoms with E-state index in [0.29, 0.717) is 0 Å². The molecule has 1 rings (SSSR count). The van der Waals surface area contributed by atoms with Crippen molar-refractivity contribution in [3.8, 4) is 0 Å². The van der Waals surface area contributed by atoms with Gasteiger partial charge in [-0.05, 0) is 13.1 Å². The molecule has 1 fully saturated rings. The van der Waals surface area contributed by atoms with E-state index in [0.717, 1.165) is 19.0 Å². The lowest BCUT2D eigenvalue weighted by molar-refractivity contribution is 0.332. The lowest BCUT2D eigenvalue weighted by Gasteiger charge is -2.15. The van der Waals surface area contributed by atoms with Gasteiger partial charge >= 0.3 is 0 Å². The summed E-state index contributed by atoms with van der Waals surface area (Å²) < 4.78 is 5.31. The molecule has 12 heavy (non-hydrogen) atoms. The van der Waals surface area contributed by atoms with Crippen molar-refractivity contribution in [1.29, 1.82) is 0 Å². The Hall–Kier alpha value is -0.713. The lowest BCUT2D eigenvalue weighted by atomic mass is 10.6. The molecule has 70 valence electrons. The second-order valence-corrected chi connectivity index (χ2v) is 5.70. The Bertz CT molecular complexity index is 171. The highest BCUT2D eigenvalue weighted by molar-refractivity contribution is 6.48. The molecule has 0 atom stereocenters. The van der Waals surface area contributed by atoms with E-state index in [-0.39, 0.29) is 0 Å². The highest BCUT2D eigenvalue weighted by Crippen LogP contribution is 2.03. The van der Waals surface area contributed by atoms with E-state index in [1.54, 1.807) is 0 Å². The molecular weight excluding hydrogens is 170 g/mol. The quantitative estimate of drug-likeness (QED) is 0.454. The molecule has 0 aromatic carbocycles. The maximum atomic E-state index is 5.31. The number of oxime groups is 1. The summed E-state index contributed by atoms with van der Waals surface area (Å²) in [5.74, 6) is 0.955.